The van der Waals surface area contributed by atoms with Crippen molar-refractivity contribution in [3.8, 4) is 0 Å². The van der Waals surface area contributed by atoms with Gasteiger partial charge >= 0.3 is 0 Å². The van der Waals surface area contributed by atoms with Crippen molar-refractivity contribution in [3.63, 3.8) is 0 Å². The van der Waals surface area contributed by atoms with Crippen molar-refractivity contribution in [1.82, 2.24) is 0 Å². The molecule has 4 aromatic rings. The topological polar surface area (TPSA) is 12.4 Å². The van der Waals surface area contributed by atoms with Gasteiger partial charge in [-0.3, -0.25) is 4.99 Å². The van der Waals surface area contributed by atoms with Gasteiger partial charge in [0.2, 0.25) is 0 Å². The van der Waals surface area contributed by atoms with Crippen molar-refractivity contribution in [2.45, 2.75) is 12.0 Å². The summed E-state index contributed by atoms with van der Waals surface area (Å²) in [5, 5.41) is 0. The molecule has 0 atom stereocenters. The van der Waals surface area contributed by atoms with Crippen LogP contribution in [0.2, 0.25) is 0 Å². The second kappa shape index (κ2) is 8.96. The van der Waals surface area contributed by atoms with E-state index in [4.69, 9.17) is 4.99 Å². The van der Waals surface area contributed by atoms with Crippen molar-refractivity contribution in [3.05, 3.63) is 144 Å². The molecule has 4 aromatic carbocycles. The first-order valence-electron chi connectivity index (χ1n) is 9.65. The zero-order valence-electron chi connectivity index (χ0n) is 15.7. The van der Waals surface area contributed by atoms with Crippen LogP contribution in [0.3, 0.4) is 0 Å². The molecule has 1 heteroatoms. The molecule has 4 rings (SSSR count). The highest BCUT2D eigenvalue weighted by Crippen LogP contribution is 2.28. The second-order valence-corrected chi connectivity index (χ2v) is 6.82. The number of benzene rings is 4. The Labute approximate surface area is 167 Å². The van der Waals surface area contributed by atoms with Crippen LogP contribution < -0.4 is 0 Å². The minimum atomic E-state index is -0.0164. The van der Waals surface area contributed by atoms with Crippen molar-refractivity contribution in [2.75, 3.05) is 0 Å². The fraction of sp³-hybridized carbons (Fsp3) is 0.0741. The van der Waals surface area contributed by atoms with Crippen molar-refractivity contribution < 1.29 is 0 Å². The van der Waals surface area contributed by atoms with Crippen LogP contribution in [0.1, 0.15) is 34.2 Å². The predicted octanol–water partition coefficient (Wildman–Crippen LogP) is 6.68. The van der Waals surface area contributed by atoms with Gasteiger partial charge in [-0.25, -0.2) is 0 Å². The summed E-state index contributed by atoms with van der Waals surface area (Å²) in [6.07, 6.45) is 2.11. The molecule has 0 radical (unpaired) electrons. The molecule has 0 saturated heterocycles. The fourth-order valence-electron chi connectivity index (χ4n) is 3.49. The Morgan fingerprint density at radius 2 is 0.750 bits per heavy atom. The molecule has 136 valence electrons. The summed E-state index contributed by atoms with van der Waals surface area (Å²) in [6.45, 7) is 0. The summed E-state index contributed by atoms with van der Waals surface area (Å²) >= 11 is 0. The SMILES string of the molecule is C(=NC(c1ccccc1)c1ccccc1)C(c1ccccc1)c1ccccc1. The lowest BCUT2D eigenvalue weighted by Gasteiger charge is -2.17. The van der Waals surface area contributed by atoms with Crippen molar-refractivity contribution in [2.24, 2.45) is 4.99 Å². The zero-order valence-corrected chi connectivity index (χ0v) is 15.7. The molecule has 0 unspecified atom stereocenters. The predicted molar refractivity (Wildman–Crippen MR) is 118 cm³/mol. The molecule has 0 bridgehead atoms. The van der Waals surface area contributed by atoms with E-state index in [0.29, 0.717) is 0 Å². The van der Waals surface area contributed by atoms with Gasteiger partial charge in [-0.1, -0.05) is 121 Å². The molecule has 28 heavy (non-hydrogen) atoms. The average Bonchev–Trinajstić information content (AvgIpc) is 2.79. The second-order valence-electron chi connectivity index (χ2n) is 6.82. The molecule has 0 N–H and O–H groups in total. The Balaban J connectivity index is 1.75. The van der Waals surface area contributed by atoms with Gasteiger partial charge in [0.25, 0.3) is 0 Å². The number of hydrogen-bond donors (Lipinski definition) is 0. The van der Waals surface area contributed by atoms with Crippen molar-refractivity contribution in [1.29, 1.82) is 0 Å². The standard InChI is InChI=1S/C27H23N/c1-5-13-22(14-6-1)26(23-15-7-2-8-16-23)21-28-27(24-17-9-3-10-18-24)25-19-11-4-12-20-25/h1-21,26-27H. The fourth-order valence-corrected chi connectivity index (χ4v) is 3.49. The lowest BCUT2D eigenvalue weighted by Crippen LogP contribution is -2.05. The van der Waals surface area contributed by atoms with Crippen LogP contribution in [0.5, 0.6) is 0 Å². The number of nitrogens with zero attached hydrogens (tertiary/aromatic N) is 1. The van der Waals surface area contributed by atoms with Gasteiger partial charge in [-0.2, -0.15) is 0 Å². The van der Waals surface area contributed by atoms with Gasteiger partial charge < -0.3 is 0 Å². The molecule has 0 spiro atoms. The molecule has 0 fully saturated rings. The summed E-state index contributed by atoms with van der Waals surface area (Å²) < 4.78 is 0. The highest BCUT2D eigenvalue weighted by molar-refractivity contribution is 5.73. The zero-order chi connectivity index (χ0) is 19.0. The first-order valence-corrected chi connectivity index (χ1v) is 9.65. The summed E-state index contributed by atoms with van der Waals surface area (Å²) in [7, 11) is 0. The maximum Gasteiger partial charge on any atom is 0.0995 e. The lowest BCUT2D eigenvalue weighted by atomic mass is 9.92. The Morgan fingerprint density at radius 3 is 1.11 bits per heavy atom. The van der Waals surface area contributed by atoms with Gasteiger partial charge in [0.15, 0.2) is 0 Å². The largest absolute Gasteiger partial charge is 0.284 e. The first-order chi connectivity index (χ1) is 13.9. The van der Waals surface area contributed by atoms with Crippen LogP contribution in [0.15, 0.2) is 126 Å². The quantitative estimate of drug-likeness (QED) is 0.340. The van der Waals surface area contributed by atoms with E-state index in [0.717, 1.165) is 0 Å². The van der Waals surface area contributed by atoms with Crippen LogP contribution in [0.25, 0.3) is 0 Å². The molecule has 0 heterocycles. The van der Waals surface area contributed by atoms with E-state index in [9.17, 15) is 0 Å². The minimum Gasteiger partial charge on any atom is -0.284 e. The molecule has 0 aliphatic rings. The molecule has 0 saturated carbocycles. The summed E-state index contributed by atoms with van der Waals surface area (Å²) in [4.78, 5) is 5.09. The Morgan fingerprint density at radius 1 is 0.429 bits per heavy atom. The molecular formula is C27H23N. The lowest BCUT2D eigenvalue weighted by molar-refractivity contribution is 0.868. The maximum atomic E-state index is 5.09. The van der Waals surface area contributed by atoms with Crippen LogP contribution in [-0.2, 0) is 0 Å². The van der Waals surface area contributed by atoms with Gasteiger partial charge in [-0.15, -0.1) is 0 Å². The van der Waals surface area contributed by atoms with Crippen LogP contribution >= 0.6 is 0 Å². The molecule has 1 nitrogen and oxygen atoms in total. The van der Waals surface area contributed by atoms with Crippen LogP contribution in [0.4, 0.5) is 0 Å². The third-order valence-electron chi connectivity index (χ3n) is 4.93. The molecule has 0 aliphatic heterocycles. The highest BCUT2D eigenvalue weighted by atomic mass is 14.8. The van der Waals surface area contributed by atoms with Gasteiger partial charge in [0.1, 0.15) is 0 Å². The monoisotopic (exact) mass is 361 g/mol. The first kappa shape index (κ1) is 17.9. The van der Waals surface area contributed by atoms with E-state index >= 15 is 0 Å². The summed E-state index contributed by atoms with van der Waals surface area (Å²) in [5.74, 6) is 0.123. The Kier molecular flexibility index (Phi) is 5.74. The third-order valence-corrected chi connectivity index (χ3v) is 4.93. The molecule has 0 aliphatic carbocycles. The van der Waals surface area contributed by atoms with E-state index in [2.05, 4.69) is 115 Å². The van der Waals surface area contributed by atoms with E-state index in [1.807, 2.05) is 12.1 Å². The van der Waals surface area contributed by atoms with Crippen LogP contribution in [-0.4, -0.2) is 6.21 Å². The number of rotatable bonds is 6. The number of hydrogen-bond acceptors (Lipinski definition) is 1. The summed E-state index contributed by atoms with van der Waals surface area (Å²) in [6, 6.07) is 42.1. The van der Waals surface area contributed by atoms with E-state index in [1.54, 1.807) is 0 Å². The van der Waals surface area contributed by atoms with Crippen molar-refractivity contribution >= 4 is 6.21 Å². The summed E-state index contributed by atoms with van der Waals surface area (Å²) in [5.41, 5.74) is 4.89. The van der Waals surface area contributed by atoms with Crippen LogP contribution in [0, 0.1) is 0 Å². The Hall–Kier alpha value is -3.45. The molecular weight excluding hydrogens is 338 g/mol. The molecule has 0 amide bonds. The smallest absolute Gasteiger partial charge is 0.0995 e. The third kappa shape index (κ3) is 4.27. The van der Waals surface area contributed by atoms with Gasteiger partial charge in [0, 0.05) is 12.1 Å². The number of aliphatic imine (C=N–C) groups is 1. The van der Waals surface area contributed by atoms with E-state index < -0.39 is 0 Å². The van der Waals surface area contributed by atoms with E-state index in [1.165, 1.54) is 22.3 Å². The normalized spacial score (nSPS) is 11.4. The minimum absolute atomic E-state index is 0.0164. The Bertz CT molecular complexity index is 829. The highest BCUT2D eigenvalue weighted by Gasteiger charge is 2.15. The van der Waals surface area contributed by atoms with Gasteiger partial charge in [0.05, 0.1) is 6.04 Å². The van der Waals surface area contributed by atoms with E-state index in [-0.39, 0.29) is 12.0 Å². The molecule has 0 aromatic heterocycles. The van der Waals surface area contributed by atoms with Gasteiger partial charge in [-0.05, 0) is 22.3 Å². The maximum absolute atomic E-state index is 5.09. The average molecular weight is 361 g/mol.